The number of carbonyl (C=O) groups excluding carboxylic acids is 2. The van der Waals surface area contributed by atoms with Crippen molar-refractivity contribution in [2.24, 2.45) is 5.92 Å². The fraction of sp³-hybridized carbons (Fsp3) is 0.391. The number of hydrogen-bond donors (Lipinski definition) is 0. The van der Waals surface area contributed by atoms with Gasteiger partial charge in [0.1, 0.15) is 11.6 Å². The minimum Gasteiger partial charge on any atom is -0.492 e. The second kappa shape index (κ2) is 8.73. The van der Waals surface area contributed by atoms with Gasteiger partial charge in [-0.3, -0.25) is 9.59 Å². The number of rotatable bonds is 5. The molecule has 0 aliphatic carbocycles. The Morgan fingerprint density at radius 1 is 1.07 bits per heavy atom. The van der Waals surface area contributed by atoms with Crippen LogP contribution < -0.4 is 14.5 Å². The largest absolute Gasteiger partial charge is 0.492 e. The fourth-order valence-electron chi connectivity index (χ4n) is 4.16. The third-order valence-electron chi connectivity index (χ3n) is 5.71. The first-order valence-electron chi connectivity index (χ1n) is 10.4. The van der Waals surface area contributed by atoms with Gasteiger partial charge in [-0.25, -0.2) is 4.39 Å². The molecule has 1 unspecified atom stereocenters. The smallest absolute Gasteiger partial charge is 0.228 e. The Morgan fingerprint density at radius 3 is 2.47 bits per heavy atom. The van der Waals surface area contributed by atoms with Gasteiger partial charge in [0.25, 0.3) is 0 Å². The van der Waals surface area contributed by atoms with Gasteiger partial charge in [0.2, 0.25) is 11.8 Å². The summed E-state index contributed by atoms with van der Waals surface area (Å²) in [5.74, 6) is 0.0387. The summed E-state index contributed by atoms with van der Waals surface area (Å²) in [6.45, 7) is 5.36. The molecule has 0 saturated carbocycles. The van der Waals surface area contributed by atoms with Gasteiger partial charge in [-0.05, 0) is 43.3 Å². The number of amides is 2. The Morgan fingerprint density at radius 2 is 1.77 bits per heavy atom. The quantitative estimate of drug-likeness (QED) is 0.759. The van der Waals surface area contributed by atoms with Crippen LogP contribution >= 0.6 is 0 Å². The van der Waals surface area contributed by atoms with E-state index in [9.17, 15) is 14.0 Å². The molecule has 0 aromatic heterocycles. The van der Waals surface area contributed by atoms with Crippen LogP contribution in [0.25, 0.3) is 0 Å². The first-order chi connectivity index (χ1) is 14.6. The lowest BCUT2D eigenvalue weighted by Gasteiger charge is -2.37. The molecule has 4 rings (SSSR count). The van der Waals surface area contributed by atoms with Crippen LogP contribution in [0.15, 0.2) is 48.5 Å². The molecule has 2 heterocycles. The van der Waals surface area contributed by atoms with E-state index in [2.05, 4.69) is 4.90 Å². The van der Waals surface area contributed by atoms with Crippen LogP contribution in [0.4, 0.5) is 15.8 Å². The maximum Gasteiger partial charge on any atom is 0.228 e. The first-order valence-corrected chi connectivity index (χ1v) is 10.4. The first kappa shape index (κ1) is 20.2. The third-order valence-corrected chi connectivity index (χ3v) is 5.71. The van der Waals surface area contributed by atoms with Gasteiger partial charge in [0.05, 0.1) is 18.2 Å². The highest BCUT2D eigenvalue weighted by Gasteiger charge is 2.38. The highest BCUT2D eigenvalue weighted by atomic mass is 19.1. The van der Waals surface area contributed by atoms with Crippen molar-refractivity contribution in [3.63, 3.8) is 0 Å². The average molecular weight is 411 g/mol. The number of para-hydroxylation sites is 2. The molecule has 2 aliphatic rings. The van der Waals surface area contributed by atoms with Crippen molar-refractivity contribution in [3.05, 3.63) is 54.3 Å². The van der Waals surface area contributed by atoms with Gasteiger partial charge in [0, 0.05) is 44.8 Å². The van der Waals surface area contributed by atoms with Crippen LogP contribution in [-0.2, 0) is 9.59 Å². The standard InChI is InChI=1S/C23H26FN3O3/c1-2-30-21-6-4-3-5-20(21)27-16-17(15-22(27)28)23(29)26-13-11-25(12-14-26)19-9-7-18(24)8-10-19/h3-10,17H,2,11-16H2,1H3. The van der Waals surface area contributed by atoms with Gasteiger partial charge in [-0.1, -0.05) is 12.1 Å². The predicted octanol–water partition coefficient (Wildman–Crippen LogP) is 2.93. The zero-order valence-corrected chi connectivity index (χ0v) is 17.1. The van der Waals surface area contributed by atoms with Crippen molar-refractivity contribution in [1.29, 1.82) is 0 Å². The molecule has 2 fully saturated rings. The summed E-state index contributed by atoms with van der Waals surface area (Å²) in [6.07, 6.45) is 0.220. The maximum absolute atomic E-state index is 13.1. The Kier molecular flexibility index (Phi) is 5.88. The maximum atomic E-state index is 13.1. The molecule has 30 heavy (non-hydrogen) atoms. The summed E-state index contributed by atoms with van der Waals surface area (Å²) in [6, 6.07) is 13.9. The van der Waals surface area contributed by atoms with Crippen molar-refractivity contribution < 1.29 is 18.7 Å². The van der Waals surface area contributed by atoms with E-state index in [1.807, 2.05) is 36.1 Å². The van der Waals surface area contributed by atoms with Crippen molar-refractivity contribution in [2.45, 2.75) is 13.3 Å². The highest BCUT2D eigenvalue weighted by Crippen LogP contribution is 2.33. The van der Waals surface area contributed by atoms with E-state index < -0.39 is 0 Å². The lowest BCUT2D eigenvalue weighted by atomic mass is 10.1. The van der Waals surface area contributed by atoms with E-state index >= 15 is 0 Å². The van der Waals surface area contributed by atoms with Crippen LogP contribution in [0.3, 0.4) is 0 Å². The summed E-state index contributed by atoms with van der Waals surface area (Å²) in [5.41, 5.74) is 1.68. The zero-order valence-electron chi connectivity index (χ0n) is 17.1. The zero-order chi connectivity index (χ0) is 21.1. The van der Waals surface area contributed by atoms with E-state index in [1.165, 1.54) is 12.1 Å². The average Bonchev–Trinajstić information content (AvgIpc) is 3.16. The van der Waals surface area contributed by atoms with Gasteiger partial charge in [-0.2, -0.15) is 0 Å². The van der Waals surface area contributed by atoms with Gasteiger partial charge in [0.15, 0.2) is 0 Å². The van der Waals surface area contributed by atoms with Gasteiger partial charge >= 0.3 is 0 Å². The van der Waals surface area contributed by atoms with Crippen LogP contribution in [0.5, 0.6) is 5.75 Å². The van der Waals surface area contributed by atoms with Crippen LogP contribution in [0, 0.1) is 11.7 Å². The van der Waals surface area contributed by atoms with Gasteiger partial charge in [-0.15, -0.1) is 0 Å². The van der Waals surface area contributed by atoms with Gasteiger partial charge < -0.3 is 19.4 Å². The van der Waals surface area contributed by atoms with Crippen LogP contribution in [0.2, 0.25) is 0 Å². The Labute approximate surface area is 175 Å². The molecule has 2 aromatic rings. The Hall–Kier alpha value is -3.09. The SMILES string of the molecule is CCOc1ccccc1N1CC(C(=O)N2CCN(c3ccc(F)cc3)CC2)CC1=O. The molecule has 2 aromatic carbocycles. The summed E-state index contributed by atoms with van der Waals surface area (Å²) in [7, 11) is 0. The Balaban J connectivity index is 1.38. The number of halogens is 1. The number of benzene rings is 2. The van der Waals surface area contributed by atoms with E-state index in [1.54, 1.807) is 17.0 Å². The molecule has 2 amide bonds. The van der Waals surface area contributed by atoms with Crippen LogP contribution in [0.1, 0.15) is 13.3 Å². The molecule has 0 bridgehead atoms. The number of piperazine rings is 1. The molecule has 0 N–H and O–H groups in total. The lowest BCUT2D eigenvalue weighted by Crippen LogP contribution is -2.50. The molecule has 1 atom stereocenters. The number of ether oxygens (including phenoxy) is 1. The molecule has 2 aliphatic heterocycles. The van der Waals surface area contributed by atoms with Crippen molar-refractivity contribution >= 4 is 23.2 Å². The summed E-state index contributed by atoms with van der Waals surface area (Å²) < 4.78 is 18.8. The monoisotopic (exact) mass is 411 g/mol. The van der Waals surface area contributed by atoms with E-state index in [-0.39, 0.29) is 30.0 Å². The molecular formula is C23H26FN3O3. The Bertz CT molecular complexity index is 910. The summed E-state index contributed by atoms with van der Waals surface area (Å²) >= 11 is 0. The minimum absolute atomic E-state index is 0.0264. The lowest BCUT2D eigenvalue weighted by molar-refractivity contribution is -0.136. The second-order valence-corrected chi connectivity index (χ2v) is 7.59. The predicted molar refractivity (Wildman–Crippen MR) is 113 cm³/mol. The highest BCUT2D eigenvalue weighted by molar-refractivity contribution is 6.01. The third kappa shape index (κ3) is 4.10. The number of nitrogens with zero attached hydrogens (tertiary/aromatic N) is 3. The number of anilines is 2. The molecular weight excluding hydrogens is 385 g/mol. The van der Waals surface area contributed by atoms with Crippen molar-refractivity contribution in [1.82, 2.24) is 4.90 Å². The normalized spacial score (nSPS) is 19.3. The second-order valence-electron chi connectivity index (χ2n) is 7.59. The molecule has 7 heteroatoms. The van der Waals surface area contributed by atoms with E-state index in [4.69, 9.17) is 4.74 Å². The topological polar surface area (TPSA) is 53.1 Å². The molecule has 0 radical (unpaired) electrons. The summed E-state index contributed by atoms with van der Waals surface area (Å²) in [4.78, 5) is 31.4. The minimum atomic E-state index is -0.343. The van der Waals surface area contributed by atoms with Crippen LogP contribution in [-0.4, -0.2) is 56.0 Å². The molecule has 2 saturated heterocycles. The molecule has 0 spiro atoms. The van der Waals surface area contributed by atoms with Crippen molar-refractivity contribution in [3.8, 4) is 5.75 Å². The number of carbonyl (C=O) groups is 2. The number of hydrogen-bond acceptors (Lipinski definition) is 4. The molecule has 158 valence electrons. The molecule has 6 nitrogen and oxygen atoms in total. The fourth-order valence-corrected chi connectivity index (χ4v) is 4.16. The summed E-state index contributed by atoms with van der Waals surface area (Å²) in [5, 5.41) is 0. The van der Waals surface area contributed by atoms with E-state index in [0.717, 1.165) is 11.4 Å². The van der Waals surface area contributed by atoms with Crippen molar-refractivity contribution in [2.75, 3.05) is 49.1 Å². The van der Waals surface area contributed by atoms with E-state index in [0.29, 0.717) is 45.1 Å².